The van der Waals surface area contributed by atoms with E-state index in [1.54, 1.807) is 0 Å². The summed E-state index contributed by atoms with van der Waals surface area (Å²) in [5.74, 6) is 1.13. The van der Waals surface area contributed by atoms with Crippen LogP contribution in [-0.2, 0) is 0 Å². The second kappa shape index (κ2) is 5.74. The molecule has 0 fully saturated rings. The SMILES string of the molecule is Cc1ccc(SCCNC(C)(C)C)c(C)c1. The number of aryl methyl sites for hydroxylation is 2. The van der Waals surface area contributed by atoms with Crippen LogP contribution in [-0.4, -0.2) is 17.8 Å². The van der Waals surface area contributed by atoms with Crippen molar-refractivity contribution in [3.63, 3.8) is 0 Å². The van der Waals surface area contributed by atoms with E-state index in [9.17, 15) is 0 Å². The zero-order chi connectivity index (χ0) is 12.2. The standard InChI is InChI=1S/C14H23NS/c1-11-6-7-13(12(2)10-11)16-9-8-15-14(3,4)5/h6-7,10,15H,8-9H2,1-5H3. The fourth-order valence-corrected chi connectivity index (χ4v) is 2.42. The molecule has 0 saturated heterocycles. The molecule has 1 aromatic carbocycles. The average molecular weight is 237 g/mol. The van der Waals surface area contributed by atoms with Crippen LogP contribution in [0.3, 0.4) is 0 Å². The van der Waals surface area contributed by atoms with Crippen LogP contribution in [0.15, 0.2) is 23.1 Å². The maximum absolute atomic E-state index is 3.50. The number of rotatable bonds is 4. The van der Waals surface area contributed by atoms with Gasteiger partial charge in [-0.1, -0.05) is 17.7 Å². The fraction of sp³-hybridized carbons (Fsp3) is 0.571. The van der Waals surface area contributed by atoms with Crippen LogP contribution in [0.4, 0.5) is 0 Å². The van der Waals surface area contributed by atoms with Gasteiger partial charge in [-0.2, -0.15) is 0 Å². The molecule has 0 aliphatic rings. The van der Waals surface area contributed by atoms with Crippen molar-refractivity contribution in [1.29, 1.82) is 0 Å². The highest BCUT2D eigenvalue weighted by Crippen LogP contribution is 2.22. The molecule has 1 N–H and O–H groups in total. The Balaban J connectivity index is 2.38. The smallest absolute Gasteiger partial charge is 0.0106 e. The summed E-state index contributed by atoms with van der Waals surface area (Å²) in [7, 11) is 0. The van der Waals surface area contributed by atoms with E-state index < -0.39 is 0 Å². The van der Waals surface area contributed by atoms with Gasteiger partial charge >= 0.3 is 0 Å². The van der Waals surface area contributed by atoms with Gasteiger partial charge in [-0.25, -0.2) is 0 Å². The van der Waals surface area contributed by atoms with Gasteiger partial charge in [-0.05, 0) is 46.2 Å². The van der Waals surface area contributed by atoms with Gasteiger partial charge in [0.1, 0.15) is 0 Å². The predicted molar refractivity (Wildman–Crippen MR) is 74.4 cm³/mol. The second-order valence-corrected chi connectivity index (χ2v) is 6.43. The summed E-state index contributed by atoms with van der Waals surface area (Å²) >= 11 is 1.93. The average Bonchev–Trinajstić information content (AvgIpc) is 2.13. The Morgan fingerprint density at radius 1 is 1.19 bits per heavy atom. The minimum Gasteiger partial charge on any atom is -0.311 e. The number of thioether (sulfide) groups is 1. The molecule has 0 atom stereocenters. The Kier molecular flexibility index (Phi) is 4.88. The first-order chi connectivity index (χ1) is 7.38. The third kappa shape index (κ3) is 5.04. The summed E-state index contributed by atoms with van der Waals surface area (Å²) < 4.78 is 0. The zero-order valence-electron chi connectivity index (χ0n) is 11.1. The van der Waals surface area contributed by atoms with Gasteiger partial charge in [0.25, 0.3) is 0 Å². The van der Waals surface area contributed by atoms with Crippen LogP contribution in [0.25, 0.3) is 0 Å². The number of benzene rings is 1. The first kappa shape index (κ1) is 13.6. The number of hydrogen-bond acceptors (Lipinski definition) is 2. The fourth-order valence-electron chi connectivity index (χ4n) is 1.55. The molecule has 0 amide bonds. The third-order valence-corrected chi connectivity index (χ3v) is 3.52. The molecule has 0 saturated carbocycles. The summed E-state index contributed by atoms with van der Waals surface area (Å²) in [6.07, 6.45) is 0. The topological polar surface area (TPSA) is 12.0 Å². The van der Waals surface area contributed by atoms with Crippen LogP contribution in [0.1, 0.15) is 31.9 Å². The van der Waals surface area contributed by atoms with Gasteiger partial charge in [0.15, 0.2) is 0 Å². The van der Waals surface area contributed by atoms with Crippen LogP contribution in [0.5, 0.6) is 0 Å². The van der Waals surface area contributed by atoms with Crippen molar-refractivity contribution in [2.24, 2.45) is 0 Å². The highest BCUT2D eigenvalue weighted by molar-refractivity contribution is 7.99. The molecule has 2 heteroatoms. The summed E-state index contributed by atoms with van der Waals surface area (Å²) in [6, 6.07) is 6.67. The van der Waals surface area contributed by atoms with Crippen LogP contribution in [0, 0.1) is 13.8 Å². The molecule has 0 aromatic heterocycles. The maximum atomic E-state index is 3.50. The van der Waals surface area contributed by atoms with Crippen LogP contribution in [0.2, 0.25) is 0 Å². The molecule has 0 unspecified atom stereocenters. The van der Waals surface area contributed by atoms with E-state index in [4.69, 9.17) is 0 Å². The van der Waals surface area contributed by atoms with E-state index in [0.717, 1.165) is 12.3 Å². The Labute approximate surface area is 104 Å². The molecule has 1 nitrogen and oxygen atoms in total. The molecule has 0 radical (unpaired) electrons. The van der Waals surface area contributed by atoms with E-state index in [1.165, 1.54) is 16.0 Å². The van der Waals surface area contributed by atoms with Crippen molar-refractivity contribution in [3.05, 3.63) is 29.3 Å². The van der Waals surface area contributed by atoms with E-state index >= 15 is 0 Å². The first-order valence-corrected chi connectivity index (χ1v) is 6.82. The molecule has 1 aromatic rings. The molecule has 0 bridgehead atoms. The molecule has 0 aliphatic carbocycles. The molecule has 0 spiro atoms. The summed E-state index contributed by atoms with van der Waals surface area (Å²) in [5, 5.41) is 3.50. The van der Waals surface area contributed by atoms with Gasteiger partial charge in [-0.3, -0.25) is 0 Å². The molecular formula is C14H23NS. The quantitative estimate of drug-likeness (QED) is 0.632. The number of hydrogen-bond donors (Lipinski definition) is 1. The lowest BCUT2D eigenvalue weighted by atomic mass is 10.1. The second-order valence-electron chi connectivity index (χ2n) is 5.29. The Bertz CT molecular complexity index is 339. The molecule has 90 valence electrons. The molecule has 1 rings (SSSR count). The Morgan fingerprint density at radius 2 is 1.88 bits per heavy atom. The van der Waals surface area contributed by atoms with Crippen molar-refractivity contribution in [1.82, 2.24) is 5.32 Å². The minimum absolute atomic E-state index is 0.225. The van der Waals surface area contributed by atoms with Crippen molar-refractivity contribution < 1.29 is 0 Å². The Morgan fingerprint density at radius 3 is 2.44 bits per heavy atom. The summed E-state index contributed by atoms with van der Waals surface area (Å²) in [4.78, 5) is 1.40. The van der Waals surface area contributed by atoms with Gasteiger partial charge in [-0.15, -0.1) is 11.8 Å². The molecular weight excluding hydrogens is 214 g/mol. The number of nitrogens with one attached hydrogen (secondary N) is 1. The monoisotopic (exact) mass is 237 g/mol. The molecule has 16 heavy (non-hydrogen) atoms. The summed E-state index contributed by atoms with van der Waals surface area (Å²) in [6.45, 7) is 12.0. The largest absolute Gasteiger partial charge is 0.311 e. The van der Waals surface area contributed by atoms with Crippen molar-refractivity contribution in [2.45, 2.75) is 45.1 Å². The lowest BCUT2D eigenvalue weighted by Crippen LogP contribution is -2.37. The first-order valence-electron chi connectivity index (χ1n) is 5.83. The molecule has 0 heterocycles. The van der Waals surface area contributed by atoms with Crippen LogP contribution < -0.4 is 5.32 Å². The van der Waals surface area contributed by atoms with Crippen LogP contribution >= 0.6 is 11.8 Å². The van der Waals surface area contributed by atoms with Gasteiger partial charge in [0, 0.05) is 22.7 Å². The Hall–Kier alpha value is -0.470. The van der Waals surface area contributed by atoms with Crippen molar-refractivity contribution >= 4 is 11.8 Å². The lowest BCUT2D eigenvalue weighted by Gasteiger charge is -2.20. The van der Waals surface area contributed by atoms with E-state index in [2.05, 4.69) is 58.1 Å². The van der Waals surface area contributed by atoms with Gasteiger partial charge in [0.2, 0.25) is 0 Å². The third-order valence-electron chi connectivity index (χ3n) is 2.35. The van der Waals surface area contributed by atoms with Crippen molar-refractivity contribution in [3.8, 4) is 0 Å². The lowest BCUT2D eigenvalue weighted by molar-refractivity contribution is 0.441. The highest BCUT2D eigenvalue weighted by atomic mass is 32.2. The highest BCUT2D eigenvalue weighted by Gasteiger charge is 2.07. The zero-order valence-corrected chi connectivity index (χ0v) is 11.9. The predicted octanol–water partition coefficient (Wildman–Crippen LogP) is 3.78. The molecule has 0 aliphatic heterocycles. The van der Waals surface area contributed by atoms with Crippen molar-refractivity contribution in [2.75, 3.05) is 12.3 Å². The normalized spacial score (nSPS) is 11.8. The summed E-state index contributed by atoms with van der Waals surface area (Å²) in [5.41, 5.74) is 2.96. The maximum Gasteiger partial charge on any atom is 0.0106 e. The van der Waals surface area contributed by atoms with E-state index in [1.807, 2.05) is 11.8 Å². The van der Waals surface area contributed by atoms with E-state index in [0.29, 0.717) is 0 Å². The van der Waals surface area contributed by atoms with Gasteiger partial charge in [0.05, 0.1) is 0 Å². The van der Waals surface area contributed by atoms with Gasteiger partial charge < -0.3 is 5.32 Å². The minimum atomic E-state index is 0.225. The van der Waals surface area contributed by atoms with E-state index in [-0.39, 0.29) is 5.54 Å².